The smallest absolute Gasteiger partial charge is 0.119 e. The van der Waals surface area contributed by atoms with Gasteiger partial charge >= 0.3 is 0 Å². The predicted octanol–water partition coefficient (Wildman–Crippen LogP) is 3.03. The van der Waals surface area contributed by atoms with Gasteiger partial charge in [0.1, 0.15) is 11.7 Å². The number of aliphatic imine (C=N–C) groups is 4. The molecule has 0 heterocycles. The van der Waals surface area contributed by atoms with E-state index >= 15 is 0 Å². The van der Waals surface area contributed by atoms with Crippen molar-refractivity contribution in [2.24, 2.45) is 20.0 Å². The highest BCUT2D eigenvalue weighted by atomic mass is 14.9. The maximum absolute atomic E-state index is 4.06. The molecule has 0 saturated heterocycles. The molecule has 4 heteroatoms. The topological polar surface area (TPSA) is 49.4 Å². The van der Waals surface area contributed by atoms with Crippen molar-refractivity contribution in [1.82, 2.24) is 0 Å². The normalized spacial score (nSPS) is 11.2. The summed E-state index contributed by atoms with van der Waals surface area (Å²) in [5.74, 6) is 1.68. The summed E-state index contributed by atoms with van der Waals surface area (Å²) < 4.78 is 0. The monoisotopic (exact) mass is 224 g/mol. The minimum atomic E-state index is 0.838. The lowest BCUT2D eigenvalue weighted by Gasteiger charge is -1.87. The van der Waals surface area contributed by atoms with Gasteiger partial charge in [-0.25, -0.2) is 9.98 Å². The van der Waals surface area contributed by atoms with E-state index in [4.69, 9.17) is 0 Å². The van der Waals surface area contributed by atoms with E-state index in [1.54, 1.807) is 14.1 Å². The fraction of sp³-hybridized carbons (Fsp3) is 0.667. The van der Waals surface area contributed by atoms with Crippen LogP contribution in [0.15, 0.2) is 20.0 Å². The predicted molar refractivity (Wildman–Crippen MR) is 75.6 cm³/mol. The van der Waals surface area contributed by atoms with Crippen LogP contribution in [0.5, 0.6) is 0 Å². The van der Waals surface area contributed by atoms with Gasteiger partial charge in [-0.05, 0) is 41.5 Å². The van der Waals surface area contributed by atoms with Crippen molar-refractivity contribution in [2.45, 2.75) is 41.5 Å². The highest BCUT2D eigenvalue weighted by Crippen LogP contribution is 1.79. The van der Waals surface area contributed by atoms with E-state index in [1.807, 2.05) is 41.5 Å². The molecule has 0 aromatic heterocycles. The number of hydrogen-bond donors (Lipinski definition) is 0. The molecule has 0 saturated carbocycles. The molecule has 0 bridgehead atoms. The summed E-state index contributed by atoms with van der Waals surface area (Å²) in [6.07, 6.45) is 0. The molecule has 0 spiro atoms. The van der Waals surface area contributed by atoms with Crippen molar-refractivity contribution in [2.75, 3.05) is 14.1 Å². The van der Waals surface area contributed by atoms with E-state index in [2.05, 4.69) is 20.0 Å². The van der Waals surface area contributed by atoms with Crippen LogP contribution < -0.4 is 0 Å². The van der Waals surface area contributed by atoms with Crippen LogP contribution in [0.2, 0.25) is 0 Å². The largest absolute Gasteiger partial charge is 0.274 e. The Morgan fingerprint density at radius 1 is 0.562 bits per heavy atom. The van der Waals surface area contributed by atoms with Crippen molar-refractivity contribution in [3.05, 3.63) is 0 Å². The fourth-order valence-electron chi connectivity index (χ4n) is 0.747. The third kappa shape index (κ3) is 15.2. The standard InChI is InChI=1S/2C6H12N2/c2*1-5(2)8-6(3)7-4/h2*1-4H3. The summed E-state index contributed by atoms with van der Waals surface area (Å²) >= 11 is 0. The Balaban J connectivity index is 0. The molecule has 0 aromatic rings. The first-order valence-corrected chi connectivity index (χ1v) is 5.24. The Morgan fingerprint density at radius 3 is 0.875 bits per heavy atom. The molecule has 92 valence electrons. The van der Waals surface area contributed by atoms with Gasteiger partial charge in [-0.2, -0.15) is 0 Å². The van der Waals surface area contributed by atoms with Crippen LogP contribution in [0.1, 0.15) is 41.5 Å². The minimum Gasteiger partial charge on any atom is -0.274 e. The second kappa shape index (κ2) is 10.2. The van der Waals surface area contributed by atoms with Gasteiger partial charge in [-0.3, -0.25) is 9.98 Å². The Kier molecular flexibility index (Phi) is 10.9. The average molecular weight is 224 g/mol. The molecule has 0 atom stereocenters. The molecule has 16 heavy (non-hydrogen) atoms. The first kappa shape index (κ1) is 17.1. The Bertz CT molecular complexity index is 269. The van der Waals surface area contributed by atoms with Gasteiger partial charge in [0.05, 0.1) is 0 Å². The van der Waals surface area contributed by atoms with Gasteiger partial charge in [0.15, 0.2) is 0 Å². The van der Waals surface area contributed by atoms with Crippen molar-refractivity contribution in [3.8, 4) is 0 Å². The molecule has 0 aliphatic carbocycles. The molecule has 4 nitrogen and oxygen atoms in total. The van der Waals surface area contributed by atoms with Crippen LogP contribution >= 0.6 is 0 Å². The van der Waals surface area contributed by atoms with E-state index in [0.29, 0.717) is 0 Å². The van der Waals surface area contributed by atoms with Crippen molar-refractivity contribution in [1.29, 1.82) is 0 Å². The van der Waals surface area contributed by atoms with Crippen LogP contribution in [0.4, 0.5) is 0 Å². The van der Waals surface area contributed by atoms with E-state index in [1.165, 1.54) is 0 Å². The van der Waals surface area contributed by atoms with Gasteiger partial charge in [0.25, 0.3) is 0 Å². The number of nitrogens with zero attached hydrogens (tertiary/aromatic N) is 4. The quantitative estimate of drug-likeness (QED) is 0.448. The molecular formula is C12H24N4. The molecule has 0 aliphatic heterocycles. The summed E-state index contributed by atoms with van der Waals surface area (Å²) in [4.78, 5) is 15.8. The molecule has 0 unspecified atom stereocenters. The first-order chi connectivity index (χ1) is 7.33. The lowest BCUT2D eigenvalue weighted by molar-refractivity contribution is 1.37. The molecule has 0 rings (SSSR count). The van der Waals surface area contributed by atoms with Gasteiger partial charge < -0.3 is 0 Å². The van der Waals surface area contributed by atoms with E-state index in [-0.39, 0.29) is 0 Å². The van der Waals surface area contributed by atoms with Crippen LogP contribution in [0.3, 0.4) is 0 Å². The molecular weight excluding hydrogens is 200 g/mol. The van der Waals surface area contributed by atoms with Gasteiger partial charge in [0.2, 0.25) is 0 Å². The third-order valence-electron chi connectivity index (χ3n) is 1.42. The lowest BCUT2D eigenvalue weighted by atomic mass is 10.5. The zero-order valence-corrected chi connectivity index (χ0v) is 11.8. The maximum Gasteiger partial charge on any atom is 0.119 e. The Hall–Kier alpha value is -1.32. The molecule has 0 N–H and O–H groups in total. The Labute approximate surface area is 99.3 Å². The number of hydrogen-bond acceptors (Lipinski definition) is 2. The highest BCUT2D eigenvalue weighted by molar-refractivity contribution is 5.95. The van der Waals surface area contributed by atoms with Crippen molar-refractivity contribution in [3.63, 3.8) is 0 Å². The van der Waals surface area contributed by atoms with E-state index < -0.39 is 0 Å². The molecule has 0 amide bonds. The zero-order chi connectivity index (χ0) is 13.1. The Morgan fingerprint density at radius 2 is 0.812 bits per heavy atom. The second-order valence-electron chi connectivity index (χ2n) is 3.66. The summed E-state index contributed by atoms with van der Waals surface area (Å²) in [7, 11) is 3.48. The summed E-state index contributed by atoms with van der Waals surface area (Å²) in [5.41, 5.74) is 2.10. The van der Waals surface area contributed by atoms with Gasteiger partial charge in [-0.1, -0.05) is 0 Å². The van der Waals surface area contributed by atoms with Crippen LogP contribution in [0.25, 0.3) is 0 Å². The maximum atomic E-state index is 4.06. The molecule has 0 aromatic carbocycles. The van der Waals surface area contributed by atoms with E-state index in [0.717, 1.165) is 23.1 Å². The lowest BCUT2D eigenvalue weighted by Crippen LogP contribution is -1.89. The van der Waals surface area contributed by atoms with Crippen LogP contribution in [0, 0.1) is 0 Å². The van der Waals surface area contributed by atoms with Crippen LogP contribution in [-0.2, 0) is 0 Å². The number of amidine groups is 2. The molecule has 0 fully saturated rings. The summed E-state index contributed by atoms with van der Waals surface area (Å²) in [5, 5.41) is 0. The number of rotatable bonds is 0. The SMILES string of the molecule is CN=C(C)N=C(C)C.CN=C(C)N=C(C)C. The zero-order valence-electron chi connectivity index (χ0n) is 11.8. The summed E-state index contributed by atoms with van der Waals surface area (Å²) in [6.45, 7) is 11.6. The van der Waals surface area contributed by atoms with Gasteiger partial charge in [0, 0.05) is 25.5 Å². The second-order valence-corrected chi connectivity index (χ2v) is 3.66. The average Bonchev–Trinajstić information content (AvgIpc) is 2.16. The van der Waals surface area contributed by atoms with Gasteiger partial charge in [-0.15, -0.1) is 0 Å². The minimum absolute atomic E-state index is 0.838. The third-order valence-corrected chi connectivity index (χ3v) is 1.42. The van der Waals surface area contributed by atoms with Crippen LogP contribution in [-0.4, -0.2) is 37.2 Å². The van der Waals surface area contributed by atoms with Crippen molar-refractivity contribution < 1.29 is 0 Å². The molecule has 0 aliphatic rings. The summed E-state index contributed by atoms with van der Waals surface area (Å²) in [6, 6.07) is 0. The van der Waals surface area contributed by atoms with Crippen molar-refractivity contribution >= 4 is 23.1 Å². The molecule has 0 radical (unpaired) electrons. The highest BCUT2D eigenvalue weighted by Gasteiger charge is 1.80. The fourth-order valence-corrected chi connectivity index (χ4v) is 0.747. The first-order valence-electron chi connectivity index (χ1n) is 5.24. The van der Waals surface area contributed by atoms with E-state index in [9.17, 15) is 0 Å².